The van der Waals surface area contributed by atoms with Gasteiger partial charge in [-0.2, -0.15) is 0 Å². The molecule has 2 aliphatic heterocycles. The predicted molar refractivity (Wildman–Crippen MR) is 89.8 cm³/mol. The molecular formula is C18H26N2O5. The molecule has 1 saturated carbocycles. The molecule has 1 spiro atoms. The van der Waals surface area contributed by atoms with Gasteiger partial charge in [-0.15, -0.1) is 0 Å². The number of carbonyl (C=O) groups is 3. The van der Waals surface area contributed by atoms with Gasteiger partial charge in [-0.25, -0.2) is 9.59 Å². The van der Waals surface area contributed by atoms with E-state index in [2.05, 4.69) is 5.32 Å². The minimum Gasteiger partial charge on any atom is -0.450 e. The minimum atomic E-state index is -0.910. The highest BCUT2D eigenvalue weighted by molar-refractivity contribution is 6.07. The second-order valence-electron chi connectivity index (χ2n) is 7.02. The second kappa shape index (κ2) is 7.06. The van der Waals surface area contributed by atoms with Gasteiger partial charge in [-0.3, -0.25) is 4.79 Å². The van der Waals surface area contributed by atoms with Crippen LogP contribution >= 0.6 is 0 Å². The maximum absolute atomic E-state index is 12.8. The highest BCUT2D eigenvalue weighted by atomic mass is 16.6. The largest absolute Gasteiger partial charge is 0.450 e. The normalized spacial score (nSPS) is 23.1. The molecule has 0 aromatic carbocycles. The topological polar surface area (TPSA) is 84.9 Å². The summed E-state index contributed by atoms with van der Waals surface area (Å²) in [6, 6.07) is 0.181. The molecule has 138 valence electrons. The zero-order chi connectivity index (χ0) is 18.0. The fraction of sp³-hybridized carbons (Fsp3) is 0.722. The summed E-state index contributed by atoms with van der Waals surface area (Å²) < 4.78 is 10.7. The average molecular weight is 350 g/mol. The Morgan fingerprint density at radius 2 is 1.92 bits per heavy atom. The van der Waals surface area contributed by atoms with Crippen molar-refractivity contribution in [3.63, 3.8) is 0 Å². The van der Waals surface area contributed by atoms with Crippen molar-refractivity contribution in [2.75, 3.05) is 19.7 Å². The Bertz CT molecular complexity index is 599. The summed E-state index contributed by atoms with van der Waals surface area (Å²) in [6.07, 6.45) is 4.69. The van der Waals surface area contributed by atoms with E-state index in [4.69, 9.17) is 9.47 Å². The molecule has 2 fully saturated rings. The summed E-state index contributed by atoms with van der Waals surface area (Å²) in [5.41, 5.74) is -0.0691. The third kappa shape index (κ3) is 3.37. The van der Waals surface area contributed by atoms with Gasteiger partial charge in [0.15, 0.2) is 0 Å². The molecule has 0 aromatic rings. The van der Waals surface area contributed by atoms with Crippen molar-refractivity contribution in [2.45, 2.75) is 64.0 Å². The third-order valence-corrected chi connectivity index (χ3v) is 5.44. The zero-order valence-corrected chi connectivity index (χ0v) is 14.9. The van der Waals surface area contributed by atoms with Crippen molar-refractivity contribution in [1.82, 2.24) is 10.2 Å². The van der Waals surface area contributed by atoms with Crippen LogP contribution in [0, 0.1) is 0 Å². The lowest BCUT2D eigenvalue weighted by atomic mass is 9.82. The van der Waals surface area contributed by atoms with Crippen molar-refractivity contribution >= 4 is 18.0 Å². The van der Waals surface area contributed by atoms with Crippen LogP contribution in [0.3, 0.4) is 0 Å². The second-order valence-corrected chi connectivity index (χ2v) is 7.02. The van der Waals surface area contributed by atoms with E-state index in [9.17, 15) is 14.4 Å². The number of hydrogen-bond donors (Lipinski definition) is 1. The maximum atomic E-state index is 12.8. The number of piperidine rings is 1. The summed E-state index contributed by atoms with van der Waals surface area (Å²) in [5, 5.41) is 3.06. The van der Waals surface area contributed by atoms with Crippen LogP contribution in [0.25, 0.3) is 0 Å². The number of carbonyl (C=O) groups excluding carboxylic acids is 3. The van der Waals surface area contributed by atoms with E-state index in [-0.39, 0.29) is 18.0 Å². The zero-order valence-electron chi connectivity index (χ0n) is 14.9. The van der Waals surface area contributed by atoms with E-state index < -0.39 is 11.6 Å². The monoisotopic (exact) mass is 350 g/mol. The first-order valence-corrected chi connectivity index (χ1v) is 9.14. The van der Waals surface area contributed by atoms with Crippen LogP contribution in [0.15, 0.2) is 11.1 Å². The van der Waals surface area contributed by atoms with Crippen LogP contribution in [0.5, 0.6) is 0 Å². The first-order chi connectivity index (χ1) is 12.0. The SMILES string of the molecule is CCOC(=O)N1CCC2(CC1)OC(=O)C(C)=C2C(=O)NC1CCCC1. The molecule has 1 N–H and O–H groups in total. The van der Waals surface area contributed by atoms with Gasteiger partial charge in [0.05, 0.1) is 12.2 Å². The quantitative estimate of drug-likeness (QED) is 0.786. The smallest absolute Gasteiger partial charge is 0.409 e. The lowest BCUT2D eigenvalue weighted by Crippen LogP contribution is -2.51. The minimum absolute atomic E-state index is 0.181. The number of nitrogens with zero attached hydrogens (tertiary/aromatic N) is 1. The first-order valence-electron chi connectivity index (χ1n) is 9.14. The van der Waals surface area contributed by atoms with Crippen LogP contribution in [-0.4, -0.2) is 54.2 Å². The molecule has 0 aromatic heterocycles. The van der Waals surface area contributed by atoms with Crippen LogP contribution in [-0.2, 0) is 19.1 Å². The van der Waals surface area contributed by atoms with Crippen LogP contribution in [0.4, 0.5) is 4.79 Å². The fourth-order valence-electron chi connectivity index (χ4n) is 4.07. The van der Waals surface area contributed by atoms with E-state index in [0.29, 0.717) is 43.7 Å². The predicted octanol–water partition coefficient (Wildman–Crippen LogP) is 1.91. The number of nitrogens with one attached hydrogen (secondary N) is 1. The summed E-state index contributed by atoms with van der Waals surface area (Å²) in [4.78, 5) is 38.5. The molecule has 7 heteroatoms. The molecule has 2 heterocycles. The van der Waals surface area contributed by atoms with Gasteiger partial charge in [0.2, 0.25) is 0 Å². The highest BCUT2D eigenvalue weighted by Crippen LogP contribution is 2.41. The number of ether oxygens (including phenoxy) is 2. The Morgan fingerprint density at radius 1 is 1.28 bits per heavy atom. The molecule has 1 aliphatic carbocycles. The number of amides is 2. The fourth-order valence-corrected chi connectivity index (χ4v) is 4.07. The Hall–Kier alpha value is -2.05. The van der Waals surface area contributed by atoms with E-state index >= 15 is 0 Å². The Labute approximate surface area is 147 Å². The lowest BCUT2D eigenvalue weighted by Gasteiger charge is -2.38. The van der Waals surface area contributed by atoms with Crippen molar-refractivity contribution in [3.8, 4) is 0 Å². The number of rotatable bonds is 3. The van der Waals surface area contributed by atoms with Crippen molar-refractivity contribution in [1.29, 1.82) is 0 Å². The van der Waals surface area contributed by atoms with Crippen LogP contribution in [0.1, 0.15) is 52.4 Å². The van der Waals surface area contributed by atoms with E-state index in [1.807, 2.05) is 0 Å². The molecule has 0 atom stereocenters. The summed E-state index contributed by atoms with van der Waals surface area (Å²) in [7, 11) is 0. The van der Waals surface area contributed by atoms with Gasteiger partial charge in [0.1, 0.15) is 5.60 Å². The number of likely N-dealkylation sites (tertiary alicyclic amines) is 1. The summed E-state index contributed by atoms with van der Waals surface area (Å²) in [5.74, 6) is -0.624. The molecule has 2 amide bonds. The van der Waals surface area contributed by atoms with Gasteiger partial charge in [0.25, 0.3) is 5.91 Å². The first kappa shape index (κ1) is 17.8. The van der Waals surface area contributed by atoms with Gasteiger partial charge in [-0.1, -0.05) is 12.8 Å². The summed E-state index contributed by atoms with van der Waals surface area (Å²) >= 11 is 0. The molecule has 0 radical (unpaired) electrons. The number of hydrogen-bond acceptors (Lipinski definition) is 5. The van der Waals surface area contributed by atoms with Gasteiger partial charge < -0.3 is 19.7 Å². The standard InChI is InChI=1S/C18H26N2O5/c1-3-24-17(23)20-10-8-18(9-11-20)14(12(2)16(22)25-18)15(21)19-13-6-4-5-7-13/h13H,3-11H2,1-2H3,(H,19,21). The van der Waals surface area contributed by atoms with E-state index in [1.54, 1.807) is 18.7 Å². The summed E-state index contributed by atoms with van der Waals surface area (Å²) in [6.45, 7) is 4.54. The third-order valence-electron chi connectivity index (χ3n) is 5.44. The maximum Gasteiger partial charge on any atom is 0.409 e. The highest BCUT2D eigenvalue weighted by Gasteiger charge is 2.51. The van der Waals surface area contributed by atoms with Gasteiger partial charge in [-0.05, 0) is 26.7 Å². The van der Waals surface area contributed by atoms with Gasteiger partial charge >= 0.3 is 12.1 Å². The Kier molecular flexibility index (Phi) is 5.01. The number of esters is 1. The Morgan fingerprint density at radius 3 is 2.52 bits per heavy atom. The van der Waals surface area contributed by atoms with Crippen LogP contribution in [0.2, 0.25) is 0 Å². The lowest BCUT2D eigenvalue weighted by molar-refractivity contribution is -0.150. The van der Waals surface area contributed by atoms with Crippen LogP contribution < -0.4 is 5.32 Å². The average Bonchev–Trinajstić information content (AvgIpc) is 3.16. The van der Waals surface area contributed by atoms with Crippen molar-refractivity contribution in [2.24, 2.45) is 0 Å². The molecule has 3 rings (SSSR count). The van der Waals surface area contributed by atoms with E-state index in [1.165, 1.54) is 0 Å². The molecule has 3 aliphatic rings. The van der Waals surface area contributed by atoms with Crippen molar-refractivity contribution in [3.05, 3.63) is 11.1 Å². The van der Waals surface area contributed by atoms with Crippen molar-refractivity contribution < 1.29 is 23.9 Å². The Balaban J connectivity index is 1.73. The molecule has 1 saturated heterocycles. The molecule has 7 nitrogen and oxygen atoms in total. The van der Waals surface area contributed by atoms with E-state index in [0.717, 1.165) is 25.7 Å². The molecule has 0 bridgehead atoms. The van der Waals surface area contributed by atoms with Gasteiger partial charge in [0, 0.05) is 37.5 Å². The molecule has 25 heavy (non-hydrogen) atoms. The molecular weight excluding hydrogens is 324 g/mol. The molecule has 0 unspecified atom stereocenters.